The minimum absolute atomic E-state index is 0.141. The van der Waals surface area contributed by atoms with Gasteiger partial charge in [0.2, 0.25) is 11.8 Å². The van der Waals surface area contributed by atoms with E-state index in [1.54, 1.807) is 0 Å². The Morgan fingerprint density at radius 1 is 1.71 bits per heavy atom. The summed E-state index contributed by atoms with van der Waals surface area (Å²) in [6.07, 6.45) is 6.52. The van der Waals surface area contributed by atoms with Gasteiger partial charge in [0.25, 0.3) is 0 Å². The van der Waals surface area contributed by atoms with E-state index < -0.39 is 0 Å². The van der Waals surface area contributed by atoms with Gasteiger partial charge in [-0.3, -0.25) is 0 Å². The van der Waals surface area contributed by atoms with Crippen LogP contribution in [0.3, 0.4) is 0 Å². The first-order valence-electron chi connectivity index (χ1n) is 4.10. The zero-order chi connectivity index (χ0) is 10.4. The van der Waals surface area contributed by atoms with Crippen molar-refractivity contribution in [3.8, 4) is 18.2 Å². The van der Waals surface area contributed by atoms with E-state index in [1.807, 2.05) is 6.92 Å². The monoisotopic (exact) mass is 211 g/mol. The molecular formula is C9H10ClN3O. The fourth-order valence-electron chi connectivity index (χ4n) is 0.806. The van der Waals surface area contributed by atoms with E-state index in [0.717, 1.165) is 6.54 Å². The Balaban J connectivity index is 2.80. The van der Waals surface area contributed by atoms with Gasteiger partial charge in [-0.1, -0.05) is 17.5 Å². The highest BCUT2D eigenvalue weighted by Gasteiger charge is 2.05. The number of aromatic nitrogens is 2. The Morgan fingerprint density at radius 3 is 3.14 bits per heavy atom. The lowest BCUT2D eigenvalue weighted by molar-refractivity contribution is 0.355. The van der Waals surface area contributed by atoms with Gasteiger partial charge in [-0.2, -0.15) is 4.98 Å². The van der Waals surface area contributed by atoms with Crippen molar-refractivity contribution < 1.29 is 4.74 Å². The molecule has 0 atom stereocenters. The zero-order valence-corrected chi connectivity index (χ0v) is 8.51. The van der Waals surface area contributed by atoms with Gasteiger partial charge < -0.3 is 10.1 Å². The summed E-state index contributed by atoms with van der Waals surface area (Å²) in [7, 11) is 0. The van der Waals surface area contributed by atoms with Crippen molar-refractivity contribution >= 4 is 17.5 Å². The molecule has 1 aromatic heterocycles. The molecule has 0 aromatic carbocycles. The molecule has 0 radical (unpaired) electrons. The number of hydrogen-bond donors (Lipinski definition) is 1. The van der Waals surface area contributed by atoms with E-state index in [4.69, 9.17) is 22.8 Å². The molecule has 1 aromatic rings. The zero-order valence-electron chi connectivity index (χ0n) is 7.75. The van der Waals surface area contributed by atoms with Crippen molar-refractivity contribution in [3.63, 3.8) is 0 Å². The Kier molecular flexibility index (Phi) is 4.02. The third-order valence-electron chi connectivity index (χ3n) is 1.34. The molecule has 0 saturated heterocycles. The predicted molar refractivity (Wildman–Crippen MR) is 55.5 cm³/mol. The van der Waals surface area contributed by atoms with E-state index in [0.29, 0.717) is 16.9 Å². The van der Waals surface area contributed by atoms with E-state index >= 15 is 0 Å². The molecule has 0 unspecified atom stereocenters. The summed E-state index contributed by atoms with van der Waals surface area (Å²) in [5, 5.41) is 3.29. The number of nitrogens with zero attached hydrogens (tertiary/aromatic N) is 2. The first-order chi connectivity index (χ1) is 6.77. The van der Waals surface area contributed by atoms with Crippen LogP contribution in [0.1, 0.15) is 6.92 Å². The second-order valence-corrected chi connectivity index (χ2v) is 2.78. The summed E-state index contributed by atoms with van der Waals surface area (Å²) in [5.74, 6) is 3.11. The van der Waals surface area contributed by atoms with Gasteiger partial charge in [0.1, 0.15) is 5.02 Å². The fraction of sp³-hybridized carbons (Fsp3) is 0.333. The van der Waals surface area contributed by atoms with E-state index in [2.05, 4.69) is 21.2 Å². The maximum Gasteiger partial charge on any atom is 0.238 e. The van der Waals surface area contributed by atoms with Crippen LogP contribution in [0.15, 0.2) is 6.20 Å². The van der Waals surface area contributed by atoms with Crippen molar-refractivity contribution in [3.05, 3.63) is 11.2 Å². The third kappa shape index (κ3) is 2.79. The molecule has 1 heterocycles. The molecule has 0 aliphatic heterocycles. The normalized spacial score (nSPS) is 9.21. The topological polar surface area (TPSA) is 47.0 Å². The summed E-state index contributed by atoms with van der Waals surface area (Å²) in [5.41, 5.74) is 0. The molecular weight excluding hydrogens is 202 g/mol. The van der Waals surface area contributed by atoms with Gasteiger partial charge in [-0.05, 0) is 6.92 Å². The van der Waals surface area contributed by atoms with Crippen LogP contribution in [0, 0.1) is 12.3 Å². The lowest BCUT2D eigenvalue weighted by Crippen LogP contribution is -2.04. The summed E-state index contributed by atoms with van der Waals surface area (Å²) >= 11 is 5.79. The second-order valence-electron chi connectivity index (χ2n) is 2.37. The number of ether oxygens (including phenoxy) is 1. The van der Waals surface area contributed by atoms with Gasteiger partial charge in [-0.15, -0.1) is 6.42 Å². The number of anilines is 1. The minimum Gasteiger partial charge on any atom is -0.463 e. The molecule has 5 heteroatoms. The van der Waals surface area contributed by atoms with Crippen LogP contribution < -0.4 is 10.1 Å². The highest BCUT2D eigenvalue weighted by Crippen LogP contribution is 2.21. The van der Waals surface area contributed by atoms with Crippen LogP contribution in [0.25, 0.3) is 0 Å². The molecule has 1 rings (SSSR count). The molecule has 0 saturated carbocycles. The average molecular weight is 212 g/mol. The van der Waals surface area contributed by atoms with Crippen LogP contribution in [-0.4, -0.2) is 23.1 Å². The third-order valence-corrected chi connectivity index (χ3v) is 1.60. The number of terminal acetylenes is 1. The smallest absolute Gasteiger partial charge is 0.238 e. The molecule has 0 aliphatic carbocycles. The van der Waals surface area contributed by atoms with Crippen LogP contribution in [0.4, 0.5) is 5.95 Å². The molecule has 0 fully saturated rings. The number of rotatable bonds is 4. The van der Waals surface area contributed by atoms with Crippen LogP contribution in [-0.2, 0) is 0 Å². The maximum absolute atomic E-state index is 5.79. The van der Waals surface area contributed by atoms with Gasteiger partial charge >= 0.3 is 0 Å². The summed E-state index contributed by atoms with van der Waals surface area (Å²) in [4.78, 5) is 7.98. The van der Waals surface area contributed by atoms with Crippen LogP contribution >= 0.6 is 11.6 Å². The molecule has 1 N–H and O–H groups in total. The van der Waals surface area contributed by atoms with Crippen molar-refractivity contribution in [2.45, 2.75) is 6.92 Å². The SMILES string of the molecule is C#CCOc1nc(NCC)ncc1Cl. The Hall–Kier alpha value is -1.47. The summed E-state index contributed by atoms with van der Waals surface area (Å²) in [6, 6.07) is 0. The van der Waals surface area contributed by atoms with Gasteiger partial charge in [0, 0.05) is 6.54 Å². The van der Waals surface area contributed by atoms with Crippen LogP contribution in [0.2, 0.25) is 5.02 Å². The lowest BCUT2D eigenvalue weighted by atomic mass is 10.6. The Bertz CT molecular complexity index is 348. The molecule has 0 aliphatic rings. The molecule has 74 valence electrons. The number of halogens is 1. The predicted octanol–water partition coefficient (Wildman–Crippen LogP) is 1.57. The first-order valence-corrected chi connectivity index (χ1v) is 4.48. The molecule has 14 heavy (non-hydrogen) atoms. The summed E-state index contributed by atoms with van der Waals surface area (Å²) < 4.78 is 5.11. The fourth-order valence-corrected chi connectivity index (χ4v) is 0.952. The summed E-state index contributed by atoms with van der Waals surface area (Å²) in [6.45, 7) is 2.82. The maximum atomic E-state index is 5.79. The van der Waals surface area contributed by atoms with Crippen LogP contribution in [0.5, 0.6) is 5.88 Å². The van der Waals surface area contributed by atoms with Gasteiger partial charge in [0.15, 0.2) is 6.61 Å². The quantitative estimate of drug-likeness (QED) is 0.769. The number of hydrogen-bond acceptors (Lipinski definition) is 4. The van der Waals surface area contributed by atoms with Crippen molar-refractivity contribution in [1.82, 2.24) is 9.97 Å². The molecule has 4 nitrogen and oxygen atoms in total. The van der Waals surface area contributed by atoms with E-state index in [-0.39, 0.29) is 6.61 Å². The Labute approximate surface area is 87.7 Å². The Morgan fingerprint density at radius 2 is 2.50 bits per heavy atom. The van der Waals surface area contributed by atoms with Crippen molar-refractivity contribution in [2.24, 2.45) is 0 Å². The van der Waals surface area contributed by atoms with Crippen molar-refractivity contribution in [2.75, 3.05) is 18.5 Å². The molecule has 0 spiro atoms. The van der Waals surface area contributed by atoms with Gasteiger partial charge in [0.05, 0.1) is 6.20 Å². The standard InChI is InChI=1S/C9H10ClN3O/c1-3-5-14-8-7(10)6-12-9(13-8)11-4-2/h1,6H,4-5H2,2H3,(H,11,12,13). The molecule has 0 bridgehead atoms. The largest absolute Gasteiger partial charge is 0.463 e. The highest BCUT2D eigenvalue weighted by atomic mass is 35.5. The number of nitrogens with one attached hydrogen (secondary N) is 1. The highest BCUT2D eigenvalue weighted by molar-refractivity contribution is 6.31. The minimum atomic E-state index is 0.141. The molecule has 0 amide bonds. The van der Waals surface area contributed by atoms with E-state index in [1.165, 1.54) is 6.20 Å². The van der Waals surface area contributed by atoms with Gasteiger partial charge in [-0.25, -0.2) is 4.98 Å². The first kappa shape index (κ1) is 10.6. The second kappa shape index (κ2) is 5.30. The lowest BCUT2D eigenvalue weighted by Gasteiger charge is -2.05. The average Bonchev–Trinajstić information content (AvgIpc) is 2.19. The van der Waals surface area contributed by atoms with Crippen molar-refractivity contribution in [1.29, 1.82) is 0 Å². The van der Waals surface area contributed by atoms with E-state index in [9.17, 15) is 0 Å².